The van der Waals surface area contributed by atoms with Crippen LogP contribution in [0.3, 0.4) is 0 Å². The fourth-order valence-corrected chi connectivity index (χ4v) is 8.83. The van der Waals surface area contributed by atoms with Crippen molar-refractivity contribution in [2.75, 3.05) is 13.2 Å². The van der Waals surface area contributed by atoms with Crippen LogP contribution in [0.5, 0.6) is 0 Å². The number of allylic oxidation sites excluding steroid dienone is 10. The van der Waals surface area contributed by atoms with E-state index in [9.17, 15) is 14.4 Å². The first-order chi connectivity index (χ1) is 35.0. The molecule has 0 saturated carbocycles. The molecule has 1 unspecified atom stereocenters. The smallest absolute Gasteiger partial charge is 0.306 e. The van der Waals surface area contributed by atoms with Crippen molar-refractivity contribution in [3.05, 3.63) is 60.8 Å². The van der Waals surface area contributed by atoms with Crippen LogP contribution in [0.1, 0.15) is 316 Å². The molecule has 71 heavy (non-hydrogen) atoms. The molecule has 6 heteroatoms. The van der Waals surface area contributed by atoms with Gasteiger partial charge in [0.25, 0.3) is 0 Å². The number of unbranched alkanes of at least 4 members (excludes halogenated alkanes) is 37. The summed E-state index contributed by atoms with van der Waals surface area (Å²) in [6, 6.07) is 0. The molecule has 0 aromatic heterocycles. The Balaban J connectivity index is 4.36. The van der Waals surface area contributed by atoms with Gasteiger partial charge in [-0.3, -0.25) is 14.4 Å². The van der Waals surface area contributed by atoms with E-state index in [0.717, 1.165) is 57.8 Å². The highest BCUT2D eigenvalue weighted by atomic mass is 16.6. The Kier molecular flexibility index (Phi) is 57.2. The number of esters is 3. The van der Waals surface area contributed by atoms with E-state index in [1.807, 2.05) is 0 Å². The maximum atomic E-state index is 12.9. The van der Waals surface area contributed by atoms with Gasteiger partial charge in [0.1, 0.15) is 13.2 Å². The fraction of sp³-hybridized carbons (Fsp3) is 0.800. The molecule has 0 rings (SSSR count). The monoisotopic (exact) mass is 993 g/mol. The number of carbonyl (C=O) groups is 3. The summed E-state index contributed by atoms with van der Waals surface area (Å²) in [5.74, 6) is -0.873. The van der Waals surface area contributed by atoms with Crippen molar-refractivity contribution in [1.29, 1.82) is 0 Å². The summed E-state index contributed by atoms with van der Waals surface area (Å²) >= 11 is 0. The van der Waals surface area contributed by atoms with Gasteiger partial charge in [0.2, 0.25) is 0 Å². The lowest BCUT2D eigenvalue weighted by Gasteiger charge is -2.18. The fourth-order valence-electron chi connectivity index (χ4n) is 8.83. The Labute approximate surface area is 440 Å². The largest absolute Gasteiger partial charge is 0.462 e. The van der Waals surface area contributed by atoms with E-state index in [1.54, 1.807) is 0 Å². The molecular formula is C65H116O6. The Hall–Kier alpha value is -2.89. The molecule has 0 saturated heterocycles. The highest BCUT2D eigenvalue weighted by molar-refractivity contribution is 5.71. The van der Waals surface area contributed by atoms with E-state index in [0.29, 0.717) is 19.3 Å². The van der Waals surface area contributed by atoms with Crippen LogP contribution in [0.2, 0.25) is 0 Å². The first-order valence-electron chi connectivity index (χ1n) is 30.8. The molecule has 0 fully saturated rings. The number of rotatable bonds is 56. The van der Waals surface area contributed by atoms with E-state index in [4.69, 9.17) is 14.2 Å². The van der Waals surface area contributed by atoms with Gasteiger partial charge in [0.15, 0.2) is 6.10 Å². The second-order valence-electron chi connectivity index (χ2n) is 20.7. The molecule has 0 bridgehead atoms. The van der Waals surface area contributed by atoms with Gasteiger partial charge >= 0.3 is 17.9 Å². The topological polar surface area (TPSA) is 78.9 Å². The van der Waals surface area contributed by atoms with Crippen molar-refractivity contribution >= 4 is 17.9 Å². The van der Waals surface area contributed by atoms with Gasteiger partial charge in [-0.1, -0.05) is 261 Å². The van der Waals surface area contributed by atoms with Crippen molar-refractivity contribution < 1.29 is 28.6 Å². The predicted molar refractivity (Wildman–Crippen MR) is 307 cm³/mol. The van der Waals surface area contributed by atoms with Crippen molar-refractivity contribution in [1.82, 2.24) is 0 Å². The van der Waals surface area contributed by atoms with Gasteiger partial charge < -0.3 is 14.2 Å². The van der Waals surface area contributed by atoms with Gasteiger partial charge in [-0.25, -0.2) is 0 Å². The van der Waals surface area contributed by atoms with Gasteiger partial charge in [-0.15, -0.1) is 0 Å². The third-order valence-corrected chi connectivity index (χ3v) is 13.5. The van der Waals surface area contributed by atoms with Crippen LogP contribution in [-0.4, -0.2) is 37.2 Å². The Morgan fingerprint density at radius 1 is 0.282 bits per heavy atom. The molecule has 0 radical (unpaired) electrons. The van der Waals surface area contributed by atoms with E-state index in [-0.39, 0.29) is 31.1 Å². The third kappa shape index (κ3) is 57.9. The first kappa shape index (κ1) is 68.1. The number of carbonyl (C=O) groups excluding carboxylic acids is 3. The zero-order chi connectivity index (χ0) is 51.4. The molecule has 0 aromatic rings. The normalized spacial score (nSPS) is 12.4. The summed E-state index contributed by atoms with van der Waals surface area (Å²) in [6.45, 7) is 6.60. The van der Waals surface area contributed by atoms with E-state index in [2.05, 4.69) is 81.5 Å². The molecule has 0 heterocycles. The van der Waals surface area contributed by atoms with Crippen molar-refractivity contribution in [3.8, 4) is 0 Å². The lowest BCUT2D eigenvalue weighted by Crippen LogP contribution is -2.30. The molecule has 0 aliphatic heterocycles. The summed E-state index contributed by atoms with van der Waals surface area (Å²) in [4.78, 5) is 38.3. The molecule has 0 amide bonds. The molecule has 0 aliphatic carbocycles. The summed E-state index contributed by atoms with van der Waals surface area (Å²) in [7, 11) is 0. The molecule has 0 aliphatic rings. The molecule has 0 aromatic carbocycles. The van der Waals surface area contributed by atoms with Crippen LogP contribution < -0.4 is 0 Å². The number of hydrogen-bond donors (Lipinski definition) is 0. The van der Waals surface area contributed by atoms with Crippen molar-refractivity contribution in [2.45, 2.75) is 322 Å². The molecular weight excluding hydrogens is 877 g/mol. The van der Waals surface area contributed by atoms with Crippen LogP contribution in [0.25, 0.3) is 0 Å². The van der Waals surface area contributed by atoms with Gasteiger partial charge in [0, 0.05) is 19.3 Å². The maximum Gasteiger partial charge on any atom is 0.306 e. The summed E-state index contributed by atoms with van der Waals surface area (Å²) in [6.07, 6.45) is 74.9. The zero-order valence-electron chi connectivity index (χ0n) is 47.2. The van der Waals surface area contributed by atoms with Crippen molar-refractivity contribution in [3.63, 3.8) is 0 Å². The average Bonchev–Trinajstić information content (AvgIpc) is 3.37. The Morgan fingerprint density at radius 3 is 0.817 bits per heavy atom. The Morgan fingerprint density at radius 2 is 0.507 bits per heavy atom. The van der Waals surface area contributed by atoms with Crippen LogP contribution in [0.4, 0.5) is 0 Å². The SMILES string of the molecule is CCCCC/C=C\C=C/CCCCCCCCCCCCC(=O)OCC(COC(=O)CCCCCCCCC/C=C\CCCCCC)OC(=O)CCCCCCCCCCCC/C=C\C=C/CCCCC. The molecule has 0 spiro atoms. The zero-order valence-corrected chi connectivity index (χ0v) is 47.2. The third-order valence-electron chi connectivity index (χ3n) is 13.5. The van der Waals surface area contributed by atoms with Gasteiger partial charge in [0.05, 0.1) is 0 Å². The van der Waals surface area contributed by atoms with Crippen LogP contribution in [0.15, 0.2) is 60.8 Å². The molecule has 1 atom stereocenters. The minimum Gasteiger partial charge on any atom is -0.462 e. The quantitative estimate of drug-likeness (QED) is 0.0199. The summed E-state index contributed by atoms with van der Waals surface area (Å²) in [5.41, 5.74) is 0. The van der Waals surface area contributed by atoms with Gasteiger partial charge in [-0.2, -0.15) is 0 Å². The Bertz CT molecular complexity index is 1280. The summed E-state index contributed by atoms with van der Waals surface area (Å²) < 4.78 is 16.9. The van der Waals surface area contributed by atoms with E-state index < -0.39 is 6.10 Å². The van der Waals surface area contributed by atoms with Crippen LogP contribution in [0, 0.1) is 0 Å². The lowest BCUT2D eigenvalue weighted by molar-refractivity contribution is -0.167. The second-order valence-corrected chi connectivity index (χ2v) is 20.7. The average molecular weight is 994 g/mol. The number of hydrogen-bond acceptors (Lipinski definition) is 6. The first-order valence-corrected chi connectivity index (χ1v) is 30.8. The van der Waals surface area contributed by atoms with Crippen molar-refractivity contribution in [2.24, 2.45) is 0 Å². The van der Waals surface area contributed by atoms with Gasteiger partial charge in [-0.05, 0) is 96.3 Å². The highest BCUT2D eigenvalue weighted by Gasteiger charge is 2.19. The molecule has 0 N–H and O–H groups in total. The maximum absolute atomic E-state index is 12.9. The van der Waals surface area contributed by atoms with Crippen LogP contribution in [-0.2, 0) is 28.6 Å². The van der Waals surface area contributed by atoms with E-state index in [1.165, 1.54) is 218 Å². The highest BCUT2D eigenvalue weighted by Crippen LogP contribution is 2.16. The molecule has 6 nitrogen and oxygen atoms in total. The van der Waals surface area contributed by atoms with Crippen LogP contribution >= 0.6 is 0 Å². The molecule has 412 valence electrons. The second kappa shape index (κ2) is 59.7. The minimum absolute atomic E-state index is 0.0771. The lowest BCUT2D eigenvalue weighted by atomic mass is 10.1. The van der Waals surface area contributed by atoms with E-state index >= 15 is 0 Å². The standard InChI is InChI=1S/C65H116O6/c1-4-7-10-13-16-19-22-25-28-30-32-34-37-40-43-46-49-52-55-58-64(67)70-61-62(60-69-63(66)57-54-51-48-45-42-39-36-27-24-21-18-15-12-9-6-3)71-65(68)59-56-53-50-47-44-41-38-35-33-31-29-26-23-20-17-14-11-8-5-2/h16-17,19-26,62H,4-15,18,27-61H2,1-3H3/b19-16-,20-17-,24-21-,25-22-,26-23-. The minimum atomic E-state index is -0.779. The predicted octanol–water partition coefficient (Wildman–Crippen LogP) is 20.8. The summed E-state index contributed by atoms with van der Waals surface area (Å²) in [5, 5.41) is 0. The number of ether oxygens (including phenoxy) is 3.